The summed E-state index contributed by atoms with van der Waals surface area (Å²) in [5.74, 6) is 1.09. The van der Waals surface area contributed by atoms with Crippen molar-refractivity contribution < 1.29 is 4.79 Å². The van der Waals surface area contributed by atoms with E-state index in [1.54, 1.807) is 0 Å². The number of rotatable bonds is 1. The topological polar surface area (TPSA) is 66.1 Å². The Morgan fingerprint density at radius 3 is 2.44 bits per heavy atom. The van der Waals surface area contributed by atoms with E-state index in [-0.39, 0.29) is 11.5 Å². The minimum atomic E-state index is -0.286. The van der Waals surface area contributed by atoms with Crippen LogP contribution in [0.25, 0.3) is 0 Å². The molecule has 2 atom stereocenters. The second-order valence-corrected chi connectivity index (χ2v) is 4.98. The summed E-state index contributed by atoms with van der Waals surface area (Å²) in [5, 5.41) is 6.10. The maximum atomic E-state index is 12.2. The molecule has 1 amide bonds. The van der Waals surface area contributed by atoms with Gasteiger partial charge in [-0.1, -0.05) is 12.2 Å². The first kappa shape index (κ1) is 11.2. The third-order valence-corrected chi connectivity index (χ3v) is 3.81. The predicted molar refractivity (Wildman–Crippen MR) is 66.1 cm³/mol. The number of nitrogens with zero attached hydrogens (tertiary/aromatic N) is 2. The van der Waals surface area contributed by atoms with E-state index in [9.17, 15) is 9.59 Å². The summed E-state index contributed by atoms with van der Waals surface area (Å²) < 4.78 is 0. The smallest absolute Gasteiger partial charge is 0.274 e. The van der Waals surface area contributed by atoms with Gasteiger partial charge >= 0.3 is 0 Å². The minimum absolute atomic E-state index is 0.0827. The maximum Gasteiger partial charge on any atom is 0.274 e. The minimum Gasteiger partial charge on any atom is -0.337 e. The van der Waals surface area contributed by atoms with E-state index in [0.29, 0.717) is 17.5 Å². The average Bonchev–Trinajstić information content (AvgIpc) is 2.82. The molecule has 0 spiro atoms. The second-order valence-electron chi connectivity index (χ2n) is 4.98. The number of carbonyl (C=O) groups is 1. The first-order valence-electron chi connectivity index (χ1n) is 6.24. The van der Waals surface area contributed by atoms with Crippen LogP contribution in [0.15, 0.2) is 29.1 Å². The summed E-state index contributed by atoms with van der Waals surface area (Å²) in [6.45, 7) is 1.60. The van der Waals surface area contributed by atoms with Gasteiger partial charge in [0.1, 0.15) is 5.69 Å². The summed E-state index contributed by atoms with van der Waals surface area (Å²) in [6.07, 6.45) is 6.53. The molecule has 1 aromatic heterocycles. The van der Waals surface area contributed by atoms with Gasteiger partial charge in [0.25, 0.3) is 11.5 Å². The fraction of sp³-hybridized carbons (Fsp3) is 0.462. The van der Waals surface area contributed by atoms with Gasteiger partial charge < -0.3 is 4.90 Å². The zero-order chi connectivity index (χ0) is 12.5. The van der Waals surface area contributed by atoms with E-state index in [1.165, 1.54) is 12.1 Å². The summed E-state index contributed by atoms with van der Waals surface area (Å²) in [7, 11) is 0. The van der Waals surface area contributed by atoms with Crippen molar-refractivity contribution in [2.45, 2.75) is 12.8 Å². The van der Waals surface area contributed by atoms with Crippen LogP contribution in [0.5, 0.6) is 0 Å². The molecule has 5 nitrogen and oxygen atoms in total. The second kappa shape index (κ2) is 4.40. The van der Waals surface area contributed by atoms with Gasteiger partial charge in [0, 0.05) is 19.2 Å². The van der Waals surface area contributed by atoms with Crippen LogP contribution >= 0.6 is 0 Å². The molecule has 1 N–H and O–H groups in total. The third-order valence-electron chi connectivity index (χ3n) is 3.81. The Labute approximate surface area is 105 Å². The SMILES string of the molecule is O=C(c1ccc(=O)[nH]n1)N1CC2CC=CCC2C1. The van der Waals surface area contributed by atoms with Gasteiger partial charge in [0.15, 0.2) is 0 Å². The van der Waals surface area contributed by atoms with Crippen molar-refractivity contribution in [3.63, 3.8) is 0 Å². The Morgan fingerprint density at radius 2 is 1.89 bits per heavy atom. The van der Waals surface area contributed by atoms with Gasteiger partial charge in [-0.2, -0.15) is 5.10 Å². The molecule has 0 saturated carbocycles. The molecule has 2 aliphatic rings. The molecule has 94 valence electrons. The lowest BCUT2D eigenvalue weighted by Gasteiger charge is -2.17. The highest BCUT2D eigenvalue weighted by Crippen LogP contribution is 2.33. The molecule has 1 fully saturated rings. The van der Waals surface area contributed by atoms with Crippen LogP contribution in [0, 0.1) is 11.8 Å². The molecule has 1 aliphatic carbocycles. The number of carbonyl (C=O) groups excluding carboxylic acids is 1. The van der Waals surface area contributed by atoms with Crippen LogP contribution < -0.4 is 5.56 Å². The van der Waals surface area contributed by atoms with Gasteiger partial charge in [-0.15, -0.1) is 0 Å². The Balaban J connectivity index is 1.74. The molecule has 0 aromatic carbocycles. The summed E-state index contributed by atoms with van der Waals surface area (Å²) >= 11 is 0. The average molecular weight is 245 g/mol. The fourth-order valence-corrected chi connectivity index (χ4v) is 2.81. The summed E-state index contributed by atoms with van der Waals surface area (Å²) in [4.78, 5) is 25.0. The van der Waals surface area contributed by atoms with Crippen LogP contribution in [0.4, 0.5) is 0 Å². The van der Waals surface area contributed by atoms with Crippen molar-refractivity contribution in [2.75, 3.05) is 13.1 Å². The van der Waals surface area contributed by atoms with Crippen molar-refractivity contribution >= 4 is 5.91 Å². The van der Waals surface area contributed by atoms with Crippen molar-refractivity contribution in [1.82, 2.24) is 15.1 Å². The Bertz CT molecular complexity index is 513. The molecule has 18 heavy (non-hydrogen) atoms. The van der Waals surface area contributed by atoms with Gasteiger partial charge in [-0.25, -0.2) is 5.10 Å². The van der Waals surface area contributed by atoms with Crippen LogP contribution in [-0.2, 0) is 0 Å². The molecule has 5 heteroatoms. The van der Waals surface area contributed by atoms with Crippen LogP contribution in [0.1, 0.15) is 23.3 Å². The van der Waals surface area contributed by atoms with Crippen molar-refractivity contribution in [1.29, 1.82) is 0 Å². The Hall–Kier alpha value is -1.91. The Morgan fingerprint density at radius 1 is 1.22 bits per heavy atom. The van der Waals surface area contributed by atoms with Gasteiger partial charge in [0.05, 0.1) is 0 Å². The quantitative estimate of drug-likeness (QED) is 0.744. The lowest BCUT2D eigenvalue weighted by atomic mass is 9.86. The number of fused-ring (bicyclic) bond motifs is 1. The highest BCUT2D eigenvalue weighted by Gasteiger charge is 2.35. The molecular formula is C13H15N3O2. The summed E-state index contributed by atoms with van der Waals surface area (Å²) in [6, 6.07) is 2.83. The number of likely N-dealkylation sites (tertiary alicyclic amines) is 1. The zero-order valence-corrected chi connectivity index (χ0v) is 10.0. The fourth-order valence-electron chi connectivity index (χ4n) is 2.81. The number of hydrogen-bond acceptors (Lipinski definition) is 3. The molecule has 1 saturated heterocycles. The van der Waals surface area contributed by atoms with E-state index in [1.807, 2.05) is 4.90 Å². The molecular weight excluding hydrogens is 230 g/mol. The lowest BCUT2D eigenvalue weighted by molar-refractivity contribution is 0.0777. The third kappa shape index (κ3) is 1.96. The monoisotopic (exact) mass is 245 g/mol. The number of aromatic nitrogens is 2. The zero-order valence-electron chi connectivity index (χ0n) is 10.0. The first-order chi connectivity index (χ1) is 8.74. The summed E-state index contributed by atoms with van der Waals surface area (Å²) in [5.41, 5.74) is 0.0343. The number of amides is 1. The molecule has 2 heterocycles. The van der Waals surface area contributed by atoms with E-state index >= 15 is 0 Å². The van der Waals surface area contributed by atoms with Crippen LogP contribution in [0.2, 0.25) is 0 Å². The highest BCUT2D eigenvalue weighted by atomic mass is 16.2. The van der Waals surface area contributed by atoms with E-state index in [4.69, 9.17) is 0 Å². The standard InChI is InChI=1S/C13H15N3O2/c17-12-6-5-11(14-15-12)13(18)16-7-9-3-1-2-4-10(9)8-16/h1-2,5-6,9-10H,3-4,7-8H2,(H,15,17). The molecule has 0 radical (unpaired) electrons. The Kier molecular flexibility index (Phi) is 2.74. The highest BCUT2D eigenvalue weighted by molar-refractivity contribution is 5.92. The molecule has 2 unspecified atom stereocenters. The van der Waals surface area contributed by atoms with Crippen LogP contribution in [0.3, 0.4) is 0 Å². The lowest BCUT2D eigenvalue weighted by Crippen LogP contribution is -2.30. The number of allylic oxidation sites excluding steroid dienone is 2. The molecule has 3 rings (SSSR count). The normalized spacial score (nSPS) is 26.1. The first-order valence-corrected chi connectivity index (χ1v) is 6.24. The van der Waals surface area contributed by atoms with E-state index < -0.39 is 0 Å². The molecule has 1 aliphatic heterocycles. The molecule has 1 aromatic rings. The van der Waals surface area contributed by atoms with Crippen molar-refractivity contribution in [3.05, 3.63) is 40.3 Å². The van der Waals surface area contributed by atoms with Crippen LogP contribution in [-0.4, -0.2) is 34.1 Å². The number of nitrogens with one attached hydrogen (secondary N) is 1. The van der Waals surface area contributed by atoms with Gasteiger partial charge in [-0.3, -0.25) is 9.59 Å². The van der Waals surface area contributed by atoms with Gasteiger partial charge in [-0.05, 0) is 30.7 Å². The van der Waals surface area contributed by atoms with Gasteiger partial charge in [0.2, 0.25) is 0 Å². The number of H-pyrrole nitrogens is 1. The van der Waals surface area contributed by atoms with E-state index in [0.717, 1.165) is 25.9 Å². The van der Waals surface area contributed by atoms with E-state index in [2.05, 4.69) is 22.3 Å². The van der Waals surface area contributed by atoms with Crippen molar-refractivity contribution in [2.24, 2.45) is 11.8 Å². The largest absolute Gasteiger partial charge is 0.337 e. The number of aromatic amines is 1. The molecule has 0 bridgehead atoms. The number of hydrogen-bond donors (Lipinski definition) is 1. The maximum absolute atomic E-state index is 12.2. The predicted octanol–water partition coefficient (Wildman–Crippen LogP) is 0.808. The van der Waals surface area contributed by atoms with Crippen molar-refractivity contribution in [3.8, 4) is 0 Å².